The van der Waals surface area contributed by atoms with Gasteiger partial charge >= 0.3 is 0 Å². The van der Waals surface area contributed by atoms with Gasteiger partial charge in [-0.15, -0.1) is 0 Å². The van der Waals surface area contributed by atoms with Gasteiger partial charge in [0.25, 0.3) is 0 Å². The van der Waals surface area contributed by atoms with Crippen LogP contribution in [-0.4, -0.2) is 33.4 Å². The van der Waals surface area contributed by atoms with Crippen LogP contribution in [0, 0.1) is 6.92 Å². The molecule has 3 heterocycles. The van der Waals surface area contributed by atoms with Gasteiger partial charge in [-0.3, -0.25) is 0 Å². The number of hydrogen-bond acceptors (Lipinski definition) is 2. The predicted octanol–water partition coefficient (Wildman–Crippen LogP) is 2.67. The molecule has 3 rings (SSSR count). The molecule has 3 nitrogen and oxygen atoms in total. The number of fused-ring (bicyclic) bond motifs is 1. The lowest BCUT2D eigenvalue weighted by molar-refractivity contribution is 0.265. The van der Waals surface area contributed by atoms with E-state index in [1.807, 2.05) is 0 Å². The molecule has 0 aromatic carbocycles. The van der Waals surface area contributed by atoms with Crippen LogP contribution in [0.5, 0.6) is 0 Å². The summed E-state index contributed by atoms with van der Waals surface area (Å²) in [5.74, 6) is 0. The molecule has 0 saturated carbocycles. The van der Waals surface area contributed by atoms with Gasteiger partial charge in [0, 0.05) is 24.9 Å². The van der Waals surface area contributed by atoms with E-state index in [-0.39, 0.29) is 0 Å². The third kappa shape index (κ3) is 2.15. The van der Waals surface area contributed by atoms with Crippen molar-refractivity contribution < 1.29 is 0 Å². The number of imidazole rings is 1. The first-order chi connectivity index (χ1) is 8.76. The van der Waals surface area contributed by atoms with Crippen LogP contribution in [0.15, 0.2) is 24.5 Å². The second-order valence-electron chi connectivity index (χ2n) is 5.33. The van der Waals surface area contributed by atoms with Crippen LogP contribution in [0.25, 0.3) is 5.65 Å². The molecule has 0 N–H and O–H groups in total. The van der Waals surface area contributed by atoms with Gasteiger partial charge in [0.1, 0.15) is 5.65 Å². The molecule has 1 saturated heterocycles. The number of pyridine rings is 1. The third-order valence-corrected chi connectivity index (χ3v) is 4.00. The van der Waals surface area contributed by atoms with Gasteiger partial charge in [-0.05, 0) is 44.5 Å². The molecule has 96 valence electrons. The lowest BCUT2D eigenvalue weighted by Crippen LogP contribution is -2.30. The molecule has 1 unspecified atom stereocenters. The van der Waals surface area contributed by atoms with Gasteiger partial charge in [0.2, 0.25) is 0 Å². The Morgan fingerprint density at radius 1 is 1.33 bits per heavy atom. The molecule has 0 amide bonds. The zero-order chi connectivity index (χ0) is 12.5. The second-order valence-corrected chi connectivity index (χ2v) is 5.33. The van der Waals surface area contributed by atoms with Gasteiger partial charge in [-0.2, -0.15) is 0 Å². The average Bonchev–Trinajstić information content (AvgIpc) is 2.94. The monoisotopic (exact) mass is 243 g/mol. The van der Waals surface area contributed by atoms with Crippen molar-refractivity contribution in [3.63, 3.8) is 0 Å². The number of hydrogen-bond donors (Lipinski definition) is 0. The Balaban J connectivity index is 1.82. The third-order valence-electron chi connectivity index (χ3n) is 4.00. The standard InChI is InChI=1S/C15H21N3/c1-3-17-8-4-5-14(17)9-13-11-18-10-12(2)6-7-15(18)16-13/h6-7,10-11,14H,3-5,8-9H2,1-2H3. The topological polar surface area (TPSA) is 20.5 Å². The minimum atomic E-state index is 0.695. The van der Waals surface area contributed by atoms with Crippen LogP contribution in [0.2, 0.25) is 0 Å². The van der Waals surface area contributed by atoms with E-state index >= 15 is 0 Å². The lowest BCUT2D eigenvalue weighted by atomic mass is 10.1. The highest BCUT2D eigenvalue weighted by atomic mass is 15.2. The summed E-state index contributed by atoms with van der Waals surface area (Å²) in [4.78, 5) is 7.30. The summed E-state index contributed by atoms with van der Waals surface area (Å²) in [5, 5.41) is 0. The van der Waals surface area contributed by atoms with Gasteiger partial charge in [-0.1, -0.05) is 13.0 Å². The normalized spacial score (nSPS) is 20.9. The number of likely N-dealkylation sites (tertiary alicyclic amines) is 1. The van der Waals surface area contributed by atoms with Crippen LogP contribution in [0.1, 0.15) is 31.0 Å². The quantitative estimate of drug-likeness (QED) is 0.826. The Labute approximate surface area is 108 Å². The number of aryl methyl sites for hydroxylation is 1. The SMILES string of the molecule is CCN1CCCC1Cc1cn2cc(C)ccc2n1. The summed E-state index contributed by atoms with van der Waals surface area (Å²) in [6.45, 7) is 6.80. The van der Waals surface area contributed by atoms with Crippen LogP contribution in [0.4, 0.5) is 0 Å². The summed E-state index contributed by atoms with van der Waals surface area (Å²) >= 11 is 0. The molecular formula is C15H21N3. The number of rotatable bonds is 3. The maximum absolute atomic E-state index is 4.72. The number of aromatic nitrogens is 2. The lowest BCUT2D eigenvalue weighted by Gasteiger charge is -2.21. The zero-order valence-corrected chi connectivity index (χ0v) is 11.3. The van der Waals surface area contributed by atoms with Crippen molar-refractivity contribution in [1.82, 2.24) is 14.3 Å². The first-order valence-electron chi connectivity index (χ1n) is 6.94. The Morgan fingerprint density at radius 3 is 3.06 bits per heavy atom. The fourth-order valence-corrected chi connectivity index (χ4v) is 3.04. The highest BCUT2D eigenvalue weighted by molar-refractivity contribution is 5.41. The Morgan fingerprint density at radius 2 is 2.22 bits per heavy atom. The van der Waals surface area contributed by atoms with Crippen LogP contribution in [0.3, 0.4) is 0 Å². The number of likely N-dealkylation sites (N-methyl/N-ethyl adjacent to an activating group) is 1. The Bertz CT molecular complexity index is 544. The van der Waals surface area contributed by atoms with Gasteiger partial charge < -0.3 is 9.30 Å². The molecule has 0 bridgehead atoms. The maximum Gasteiger partial charge on any atom is 0.136 e. The molecule has 0 aliphatic carbocycles. The second kappa shape index (κ2) is 4.73. The summed E-state index contributed by atoms with van der Waals surface area (Å²) in [5.41, 5.74) is 3.57. The van der Waals surface area contributed by atoms with Crippen LogP contribution < -0.4 is 0 Å². The molecule has 1 aliphatic rings. The molecule has 0 spiro atoms. The first-order valence-corrected chi connectivity index (χ1v) is 6.94. The van der Waals surface area contributed by atoms with E-state index in [0.29, 0.717) is 6.04 Å². The summed E-state index contributed by atoms with van der Waals surface area (Å²) < 4.78 is 2.15. The van der Waals surface area contributed by atoms with E-state index in [9.17, 15) is 0 Å². The molecule has 18 heavy (non-hydrogen) atoms. The molecule has 1 fully saturated rings. The summed E-state index contributed by atoms with van der Waals surface area (Å²) in [7, 11) is 0. The summed E-state index contributed by atoms with van der Waals surface area (Å²) in [6.07, 6.45) is 8.09. The highest BCUT2D eigenvalue weighted by Crippen LogP contribution is 2.20. The van der Waals surface area contributed by atoms with E-state index in [4.69, 9.17) is 4.98 Å². The van der Waals surface area contributed by atoms with E-state index in [2.05, 4.69) is 47.7 Å². The average molecular weight is 243 g/mol. The minimum Gasteiger partial charge on any atom is -0.307 e. The van der Waals surface area contributed by atoms with E-state index < -0.39 is 0 Å². The molecule has 0 radical (unpaired) electrons. The maximum atomic E-state index is 4.72. The predicted molar refractivity (Wildman–Crippen MR) is 73.9 cm³/mol. The number of nitrogens with zero attached hydrogens (tertiary/aromatic N) is 3. The van der Waals surface area contributed by atoms with Crippen molar-refractivity contribution in [2.45, 2.75) is 39.2 Å². The van der Waals surface area contributed by atoms with Gasteiger partial charge in [0.05, 0.1) is 5.69 Å². The van der Waals surface area contributed by atoms with E-state index in [1.165, 1.54) is 30.6 Å². The zero-order valence-electron chi connectivity index (χ0n) is 11.3. The summed E-state index contributed by atoms with van der Waals surface area (Å²) in [6, 6.07) is 4.92. The fourth-order valence-electron chi connectivity index (χ4n) is 3.04. The van der Waals surface area contributed by atoms with Crippen molar-refractivity contribution in [2.75, 3.05) is 13.1 Å². The minimum absolute atomic E-state index is 0.695. The first kappa shape index (κ1) is 11.7. The van der Waals surface area contributed by atoms with Gasteiger partial charge in [0.15, 0.2) is 0 Å². The van der Waals surface area contributed by atoms with Crippen molar-refractivity contribution in [3.05, 3.63) is 35.8 Å². The Kier molecular flexibility index (Phi) is 3.08. The molecule has 3 heteroatoms. The van der Waals surface area contributed by atoms with Crippen LogP contribution >= 0.6 is 0 Å². The molecule has 1 aliphatic heterocycles. The smallest absolute Gasteiger partial charge is 0.136 e. The molecule has 2 aromatic heterocycles. The molecule has 1 atom stereocenters. The van der Waals surface area contributed by atoms with Crippen molar-refractivity contribution >= 4 is 5.65 Å². The molecular weight excluding hydrogens is 222 g/mol. The van der Waals surface area contributed by atoms with Crippen molar-refractivity contribution in [2.24, 2.45) is 0 Å². The van der Waals surface area contributed by atoms with E-state index in [0.717, 1.165) is 18.6 Å². The largest absolute Gasteiger partial charge is 0.307 e. The Hall–Kier alpha value is -1.35. The van der Waals surface area contributed by atoms with Crippen molar-refractivity contribution in [3.8, 4) is 0 Å². The fraction of sp³-hybridized carbons (Fsp3) is 0.533. The molecule has 2 aromatic rings. The van der Waals surface area contributed by atoms with Crippen LogP contribution in [-0.2, 0) is 6.42 Å². The van der Waals surface area contributed by atoms with E-state index in [1.54, 1.807) is 0 Å². The highest BCUT2D eigenvalue weighted by Gasteiger charge is 2.23. The van der Waals surface area contributed by atoms with Crippen molar-refractivity contribution in [1.29, 1.82) is 0 Å². The van der Waals surface area contributed by atoms with Gasteiger partial charge in [-0.25, -0.2) is 4.98 Å².